The van der Waals surface area contributed by atoms with Crippen molar-refractivity contribution >= 4 is 0 Å². The zero-order valence-corrected chi connectivity index (χ0v) is 7.04. The third-order valence-electron chi connectivity index (χ3n) is 1.51. The summed E-state index contributed by atoms with van der Waals surface area (Å²) in [6.45, 7) is 1.77. The predicted octanol–water partition coefficient (Wildman–Crippen LogP) is 1.21. The van der Waals surface area contributed by atoms with Gasteiger partial charge in [0.05, 0.1) is 0 Å². The molecule has 12 heavy (non-hydrogen) atoms. The minimum atomic E-state index is -0.196. The molecule has 1 atom stereocenters. The van der Waals surface area contributed by atoms with Gasteiger partial charge in [-0.25, -0.2) is 0 Å². The molecule has 0 bridgehead atoms. The summed E-state index contributed by atoms with van der Waals surface area (Å²) in [7, 11) is 0. The number of benzene rings is 1. The number of hydrogen-bond acceptors (Lipinski definition) is 2. The van der Waals surface area contributed by atoms with Crippen molar-refractivity contribution in [3.05, 3.63) is 35.9 Å². The first kappa shape index (κ1) is 8.63. The van der Waals surface area contributed by atoms with E-state index >= 15 is 0 Å². The Bertz CT molecular complexity index is 282. The highest BCUT2D eigenvalue weighted by molar-refractivity contribution is 5.18. The lowest BCUT2D eigenvalue weighted by atomic mass is 10.2. The molecule has 2 heteroatoms. The van der Waals surface area contributed by atoms with Crippen LogP contribution in [-0.2, 0) is 0 Å². The molecule has 3 N–H and O–H groups in total. The SMILES string of the molecule is CC#CNC(N)c1ccccc1. The summed E-state index contributed by atoms with van der Waals surface area (Å²) >= 11 is 0. The maximum atomic E-state index is 5.77. The van der Waals surface area contributed by atoms with Gasteiger partial charge in [-0.1, -0.05) is 36.3 Å². The Morgan fingerprint density at radius 3 is 2.58 bits per heavy atom. The van der Waals surface area contributed by atoms with Crippen LogP contribution >= 0.6 is 0 Å². The van der Waals surface area contributed by atoms with Crippen LogP contribution in [0, 0.1) is 12.0 Å². The molecule has 0 saturated heterocycles. The van der Waals surface area contributed by atoms with Gasteiger partial charge in [-0.2, -0.15) is 0 Å². The van der Waals surface area contributed by atoms with E-state index < -0.39 is 0 Å². The van der Waals surface area contributed by atoms with Crippen LogP contribution in [0.3, 0.4) is 0 Å². The molecule has 0 aliphatic rings. The molecular formula is C10H12N2. The standard InChI is InChI=1S/C10H12N2/c1-2-8-12-10(11)9-6-4-3-5-7-9/h3-7,10,12H,11H2,1H3. The van der Waals surface area contributed by atoms with Crippen LogP contribution in [0.2, 0.25) is 0 Å². The first-order chi connectivity index (χ1) is 5.84. The third-order valence-corrected chi connectivity index (χ3v) is 1.51. The van der Waals surface area contributed by atoms with Gasteiger partial charge in [0.2, 0.25) is 0 Å². The Balaban J connectivity index is 2.63. The lowest BCUT2D eigenvalue weighted by Gasteiger charge is -2.09. The van der Waals surface area contributed by atoms with Gasteiger partial charge in [0, 0.05) is 6.04 Å². The van der Waals surface area contributed by atoms with Crippen LogP contribution in [0.15, 0.2) is 30.3 Å². The third kappa shape index (κ3) is 2.30. The maximum Gasteiger partial charge on any atom is 0.108 e. The van der Waals surface area contributed by atoms with Crippen molar-refractivity contribution in [2.24, 2.45) is 5.73 Å². The Morgan fingerprint density at radius 2 is 2.00 bits per heavy atom. The molecule has 0 aromatic heterocycles. The Labute approximate surface area is 72.8 Å². The van der Waals surface area contributed by atoms with E-state index in [0.717, 1.165) is 5.56 Å². The summed E-state index contributed by atoms with van der Waals surface area (Å²) in [4.78, 5) is 0. The summed E-state index contributed by atoms with van der Waals surface area (Å²) in [6, 6.07) is 12.5. The molecule has 0 aliphatic heterocycles. The molecular weight excluding hydrogens is 148 g/mol. The van der Waals surface area contributed by atoms with E-state index in [1.54, 1.807) is 6.92 Å². The Hall–Kier alpha value is -1.46. The van der Waals surface area contributed by atoms with Crippen molar-refractivity contribution in [2.75, 3.05) is 0 Å². The van der Waals surface area contributed by atoms with Gasteiger partial charge in [-0.05, 0) is 12.5 Å². The fourth-order valence-corrected chi connectivity index (χ4v) is 0.894. The normalized spacial score (nSPS) is 11.2. The van der Waals surface area contributed by atoms with Crippen molar-refractivity contribution in [1.29, 1.82) is 0 Å². The highest BCUT2D eigenvalue weighted by atomic mass is 15.0. The van der Waals surface area contributed by atoms with E-state index in [0.29, 0.717) is 0 Å². The molecule has 0 amide bonds. The first-order valence-corrected chi connectivity index (χ1v) is 3.82. The summed E-state index contributed by atoms with van der Waals surface area (Å²) in [5, 5.41) is 2.87. The van der Waals surface area contributed by atoms with Gasteiger partial charge < -0.3 is 11.1 Å². The second-order valence-corrected chi connectivity index (χ2v) is 2.41. The lowest BCUT2D eigenvalue weighted by Crippen LogP contribution is -2.24. The second-order valence-electron chi connectivity index (χ2n) is 2.41. The van der Waals surface area contributed by atoms with Gasteiger partial charge in [0.1, 0.15) is 6.17 Å². The fourth-order valence-electron chi connectivity index (χ4n) is 0.894. The van der Waals surface area contributed by atoms with Gasteiger partial charge in [-0.15, -0.1) is 0 Å². The highest BCUT2D eigenvalue weighted by Crippen LogP contribution is 2.04. The lowest BCUT2D eigenvalue weighted by molar-refractivity contribution is 0.670. The van der Waals surface area contributed by atoms with Crippen LogP contribution in [-0.4, -0.2) is 0 Å². The summed E-state index contributed by atoms with van der Waals surface area (Å²) in [5.74, 6) is 2.73. The second kappa shape index (κ2) is 4.42. The smallest absolute Gasteiger partial charge is 0.108 e. The van der Waals surface area contributed by atoms with Crippen LogP contribution in [0.25, 0.3) is 0 Å². The molecule has 1 rings (SSSR count). The van der Waals surface area contributed by atoms with Crippen molar-refractivity contribution in [3.8, 4) is 12.0 Å². The molecule has 2 nitrogen and oxygen atoms in total. The largest absolute Gasteiger partial charge is 0.326 e. The molecule has 1 aromatic rings. The van der Waals surface area contributed by atoms with E-state index in [9.17, 15) is 0 Å². The zero-order valence-electron chi connectivity index (χ0n) is 7.04. The summed E-state index contributed by atoms with van der Waals surface area (Å²) < 4.78 is 0. The van der Waals surface area contributed by atoms with Crippen molar-refractivity contribution < 1.29 is 0 Å². The molecule has 0 saturated carbocycles. The van der Waals surface area contributed by atoms with E-state index in [4.69, 9.17) is 5.73 Å². The van der Waals surface area contributed by atoms with Crippen molar-refractivity contribution in [2.45, 2.75) is 13.1 Å². The molecule has 0 radical (unpaired) electrons. The minimum Gasteiger partial charge on any atom is -0.326 e. The van der Waals surface area contributed by atoms with E-state index in [1.165, 1.54) is 0 Å². The molecule has 62 valence electrons. The fraction of sp³-hybridized carbons (Fsp3) is 0.200. The molecule has 1 aromatic carbocycles. The first-order valence-electron chi connectivity index (χ1n) is 3.82. The van der Waals surface area contributed by atoms with Crippen molar-refractivity contribution in [1.82, 2.24) is 5.32 Å². The number of nitrogens with one attached hydrogen (secondary N) is 1. The average molecular weight is 160 g/mol. The minimum absolute atomic E-state index is 0.196. The molecule has 0 fully saturated rings. The topological polar surface area (TPSA) is 38.0 Å². The highest BCUT2D eigenvalue weighted by Gasteiger charge is 1.99. The molecule has 0 spiro atoms. The van der Waals surface area contributed by atoms with Gasteiger partial charge in [-0.3, -0.25) is 0 Å². The maximum absolute atomic E-state index is 5.77. The molecule has 1 unspecified atom stereocenters. The zero-order chi connectivity index (χ0) is 8.81. The Kier molecular flexibility index (Phi) is 3.18. The van der Waals surface area contributed by atoms with Crippen LogP contribution in [0.5, 0.6) is 0 Å². The number of hydrogen-bond donors (Lipinski definition) is 2. The Morgan fingerprint density at radius 1 is 1.33 bits per heavy atom. The predicted molar refractivity (Wildman–Crippen MR) is 50.0 cm³/mol. The molecule has 0 aliphatic carbocycles. The van der Waals surface area contributed by atoms with E-state index in [1.807, 2.05) is 30.3 Å². The van der Waals surface area contributed by atoms with E-state index in [-0.39, 0.29) is 6.17 Å². The quantitative estimate of drug-likeness (QED) is 0.388. The van der Waals surface area contributed by atoms with Crippen LogP contribution < -0.4 is 11.1 Å². The van der Waals surface area contributed by atoms with Gasteiger partial charge >= 0.3 is 0 Å². The number of nitrogens with two attached hydrogens (primary N) is 1. The molecule has 0 heterocycles. The van der Waals surface area contributed by atoms with Gasteiger partial charge in [0.25, 0.3) is 0 Å². The van der Waals surface area contributed by atoms with Crippen LogP contribution in [0.4, 0.5) is 0 Å². The summed E-state index contributed by atoms with van der Waals surface area (Å²) in [5.41, 5.74) is 6.81. The monoisotopic (exact) mass is 160 g/mol. The van der Waals surface area contributed by atoms with Crippen LogP contribution in [0.1, 0.15) is 18.7 Å². The summed E-state index contributed by atoms with van der Waals surface area (Å²) in [6.07, 6.45) is -0.196. The number of rotatable bonds is 2. The van der Waals surface area contributed by atoms with Gasteiger partial charge in [0.15, 0.2) is 0 Å². The van der Waals surface area contributed by atoms with Crippen molar-refractivity contribution in [3.63, 3.8) is 0 Å². The average Bonchev–Trinajstić information content (AvgIpc) is 2.15. The van der Waals surface area contributed by atoms with E-state index in [2.05, 4.69) is 17.3 Å².